The number of rotatable bonds is 9. The number of aliphatic hydroxyl groups is 1. The Morgan fingerprint density at radius 2 is 2.15 bits per heavy atom. The molecule has 0 aliphatic rings. The van der Waals surface area contributed by atoms with Crippen molar-refractivity contribution in [3.05, 3.63) is 28.5 Å². The maximum absolute atomic E-state index is 13.5. The van der Waals surface area contributed by atoms with Gasteiger partial charge in [-0.25, -0.2) is 4.39 Å². The number of nitrogens with one attached hydrogen (secondary N) is 1. The van der Waals surface area contributed by atoms with E-state index in [1.807, 2.05) is 0 Å². The van der Waals surface area contributed by atoms with Crippen molar-refractivity contribution in [3.63, 3.8) is 0 Å². The summed E-state index contributed by atoms with van der Waals surface area (Å²) in [6.45, 7) is 5.53. The van der Waals surface area contributed by atoms with Crippen molar-refractivity contribution in [2.24, 2.45) is 5.92 Å². The Bertz CT molecular complexity index is 401. The highest BCUT2D eigenvalue weighted by molar-refractivity contribution is 9.10. The molecule has 0 aromatic heterocycles. The average Bonchev–Trinajstić information content (AvgIpc) is 2.37. The van der Waals surface area contributed by atoms with Crippen LogP contribution in [0.4, 0.5) is 10.1 Å². The monoisotopic (exact) mass is 347 g/mol. The lowest BCUT2D eigenvalue weighted by molar-refractivity contribution is 0.0409. The van der Waals surface area contributed by atoms with Gasteiger partial charge in [-0.15, -0.1) is 0 Å². The van der Waals surface area contributed by atoms with Gasteiger partial charge in [0.25, 0.3) is 0 Å². The molecule has 1 aromatic rings. The summed E-state index contributed by atoms with van der Waals surface area (Å²) < 4.78 is 19.6. The summed E-state index contributed by atoms with van der Waals surface area (Å²) >= 11 is 3.20. The van der Waals surface area contributed by atoms with Crippen molar-refractivity contribution >= 4 is 21.6 Å². The third kappa shape index (κ3) is 7.22. The Labute approximate surface area is 128 Å². The SMILES string of the molecule is CC(C)CCCOCC(O)CNc1ccc(Br)cc1F. The first-order valence-corrected chi connectivity index (χ1v) is 7.73. The summed E-state index contributed by atoms with van der Waals surface area (Å²) in [7, 11) is 0. The summed E-state index contributed by atoms with van der Waals surface area (Å²) in [5.41, 5.74) is 0.382. The molecule has 0 aliphatic carbocycles. The van der Waals surface area contributed by atoms with Crippen molar-refractivity contribution in [1.82, 2.24) is 0 Å². The Balaban J connectivity index is 2.18. The van der Waals surface area contributed by atoms with Crippen LogP contribution in [0.5, 0.6) is 0 Å². The molecule has 5 heteroatoms. The first-order valence-electron chi connectivity index (χ1n) is 6.93. The average molecular weight is 348 g/mol. The summed E-state index contributed by atoms with van der Waals surface area (Å²) in [4.78, 5) is 0. The van der Waals surface area contributed by atoms with Gasteiger partial charge in [-0.2, -0.15) is 0 Å². The Hall–Kier alpha value is -0.650. The molecule has 1 rings (SSSR count). The van der Waals surface area contributed by atoms with Crippen molar-refractivity contribution < 1.29 is 14.2 Å². The number of hydrogen-bond acceptors (Lipinski definition) is 3. The smallest absolute Gasteiger partial charge is 0.147 e. The highest BCUT2D eigenvalue weighted by atomic mass is 79.9. The van der Waals surface area contributed by atoms with E-state index in [1.165, 1.54) is 6.07 Å². The predicted molar refractivity (Wildman–Crippen MR) is 83.5 cm³/mol. The summed E-state index contributed by atoms with van der Waals surface area (Å²) in [6.07, 6.45) is 1.48. The lowest BCUT2D eigenvalue weighted by atomic mass is 10.1. The standard InChI is InChI=1S/C15H23BrFNO2/c1-11(2)4-3-7-20-10-13(19)9-18-15-6-5-12(16)8-14(15)17/h5-6,8,11,13,18-19H,3-4,7,9-10H2,1-2H3. The third-order valence-electron chi connectivity index (χ3n) is 2.84. The van der Waals surface area contributed by atoms with Crippen molar-refractivity contribution in [2.45, 2.75) is 32.8 Å². The van der Waals surface area contributed by atoms with E-state index in [1.54, 1.807) is 12.1 Å². The van der Waals surface area contributed by atoms with E-state index in [2.05, 4.69) is 35.1 Å². The molecule has 0 saturated heterocycles. The van der Waals surface area contributed by atoms with Crippen molar-refractivity contribution in [1.29, 1.82) is 0 Å². The van der Waals surface area contributed by atoms with Gasteiger partial charge in [-0.05, 0) is 37.0 Å². The summed E-state index contributed by atoms with van der Waals surface area (Å²) in [5.74, 6) is 0.329. The largest absolute Gasteiger partial charge is 0.389 e. The molecular formula is C15H23BrFNO2. The van der Waals surface area contributed by atoms with Gasteiger partial charge in [0, 0.05) is 17.6 Å². The van der Waals surface area contributed by atoms with Crippen LogP contribution in [0.25, 0.3) is 0 Å². The van der Waals surface area contributed by atoms with Gasteiger partial charge in [0.15, 0.2) is 0 Å². The summed E-state index contributed by atoms with van der Waals surface area (Å²) in [6, 6.07) is 4.77. The molecule has 3 nitrogen and oxygen atoms in total. The molecule has 0 amide bonds. The molecule has 114 valence electrons. The van der Waals surface area contributed by atoms with Gasteiger partial charge in [-0.1, -0.05) is 29.8 Å². The zero-order valence-corrected chi connectivity index (χ0v) is 13.6. The fourth-order valence-electron chi connectivity index (χ4n) is 1.73. The number of aliphatic hydroxyl groups excluding tert-OH is 1. The fourth-order valence-corrected chi connectivity index (χ4v) is 2.07. The van der Waals surface area contributed by atoms with Gasteiger partial charge >= 0.3 is 0 Å². The second-order valence-electron chi connectivity index (χ2n) is 5.27. The molecular weight excluding hydrogens is 325 g/mol. The highest BCUT2D eigenvalue weighted by Crippen LogP contribution is 2.19. The van der Waals surface area contributed by atoms with Crippen LogP contribution in [-0.4, -0.2) is 31.0 Å². The molecule has 2 N–H and O–H groups in total. The molecule has 20 heavy (non-hydrogen) atoms. The molecule has 0 saturated carbocycles. The molecule has 0 fully saturated rings. The van der Waals surface area contributed by atoms with Crippen LogP contribution in [0.1, 0.15) is 26.7 Å². The first-order chi connectivity index (χ1) is 9.49. The van der Waals surface area contributed by atoms with E-state index in [9.17, 15) is 9.50 Å². The van der Waals surface area contributed by atoms with Gasteiger partial charge in [0.05, 0.1) is 18.4 Å². The number of hydrogen-bond donors (Lipinski definition) is 2. The minimum Gasteiger partial charge on any atom is -0.389 e. The van der Waals surface area contributed by atoms with E-state index in [-0.39, 0.29) is 19.0 Å². The predicted octanol–water partition coefficient (Wildman–Crippen LogP) is 3.81. The fraction of sp³-hybridized carbons (Fsp3) is 0.600. The molecule has 0 aliphatic heterocycles. The van der Waals surface area contributed by atoms with Crippen LogP contribution in [0.3, 0.4) is 0 Å². The van der Waals surface area contributed by atoms with Crippen LogP contribution in [0.15, 0.2) is 22.7 Å². The van der Waals surface area contributed by atoms with E-state index >= 15 is 0 Å². The van der Waals surface area contributed by atoms with E-state index in [4.69, 9.17) is 4.74 Å². The van der Waals surface area contributed by atoms with Gasteiger partial charge < -0.3 is 15.2 Å². The quantitative estimate of drug-likeness (QED) is 0.667. The molecule has 0 heterocycles. The highest BCUT2D eigenvalue weighted by Gasteiger charge is 2.07. The van der Waals surface area contributed by atoms with Crippen molar-refractivity contribution in [3.8, 4) is 0 Å². The minimum absolute atomic E-state index is 0.267. The van der Waals surface area contributed by atoms with Gasteiger partial charge in [0.1, 0.15) is 5.82 Å². The number of halogens is 2. The second-order valence-corrected chi connectivity index (χ2v) is 6.19. The van der Waals surface area contributed by atoms with Crippen LogP contribution in [0, 0.1) is 11.7 Å². The molecule has 1 aromatic carbocycles. The Morgan fingerprint density at radius 3 is 2.80 bits per heavy atom. The summed E-state index contributed by atoms with van der Waals surface area (Å²) in [5, 5.41) is 12.6. The van der Waals surface area contributed by atoms with E-state index in [0.717, 1.165) is 12.8 Å². The molecule has 1 unspecified atom stereocenters. The molecule has 0 spiro atoms. The number of ether oxygens (including phenoxy) is 1. The molecule has 1 atom stereocenters. The van der Waals surface area contributed by atoms with Crippen LogP contribution in [-0.2, 0) is 4.74 Å². The van der Waals surface area contributed by atoms with Crippen LogP contribution < -0.4 is 5.32 Å². The Morgan fingerprint density at radius 1 is 1.40 bits per heavy atom. The van der Waals surface area contributed by atoms with Crippen LogP contribution in [0.2, 0.25) is 0 Å². The van der Waals surface area contributed by atoms with Crippen LogP contribution >= 0.6 is 15.9 Å². The molecule has 0 radical (unpaired) electrons. The zero-order valence-electron chi connectivity index (χ0n) is 12.0. The van der Waals surface area contributed by atoms with E-state index in [0.29, 0.717) is 22.7 Å². The third-order valence-corrected chi connectivity index (χ3v) is 3.33. The lowest BCUT2D eigenvalue weighted by Gasteiger charge is -2.14. The molecule has 0 bridgehead atoms. The first kappa shape index (κ1) is 17.4. The Kier molecular flexibility index (Phi) is 8.11. The van der Waals surface area contributed by atoms with Crippen molar-refractivity contribution in [2.75, 3.05) is 25.1 Å². The maximum atomic E-state index is 13.5. The second kappa shape index (κ2) is 9.32. The minimum atomic E-state index is -0.642. The maximum Gasteiger partial charge on any atom is 0.147 e. The lowest BCUT2D eigenvalue weighted by Crippen LogP contribution is -2.25. The van der Waals surface area contributed by atoms with Gasteiger partial charge in [0.2, 0.25) is 0 Å². The number of anilines is 1. The zero-order chi connectivity index (χ0) is 15.0. The van der Waals surface area contributed by atoms with Gasteiger partial charge in [-0.3, -0.25) is 0 Å². The topological polar surface area (TPSA) is 41.5 Å². The normalized spacial score (nSPS) is 12.7. The number of benzene rings is 1. The van der Waals surface area contributed by atoms with E-state index < -0.39 is 6.10 Å².